The van der Waals surface area contributed by atoms with Gasteiger partial charge in [0.05, 0.1) is 0 Å². The molecule has 0 aliphatic rings. The summed E-state index contributed by atoms with van der Waals surface area (Å²) in [6, 6.07) is 0. The van der Waals surface area contributed by atoms with Crippen LogP contribution in [0.15, 0.2) is 0 Å². The van der Waals surface area contributed by atoms with Crippen molar-refractivity contribution in [3.05, 3.63) is 0 Å². The van der Waals surface area contributed by atoms with Crippen LogP contribution in [0.25, 0.3) is 0 Å². The Morgan fingerprint density at radius 2 is 1.86 bits per heavy atom. The molecule has 0 aliphatic carbocycles. The number of hydrogen-bond donors (Lipinski definition) is 0. The highest BCUT2D eigenvalue weighted by molar-refractivity contribution is 9.69. The van der Waals surface area contributed by atoms with E-state index in [1.165, 1.54) is 6.16 Å². The molecular formula is C4H9Br2P. The fourth-order valence-corrected chi connectivity index (χ4v) is 4.30. The van der Waals surface area contributed by atoms with Gasteiger partial charge in [0, 0.05) is 5.33 Å². The molecule has 0 rings (SSSR count). The molecule has 0 amide bonds. The highest BCUT2D eigenvalue weighted by atomic mass is 79.9. The first kappa shape index (κ1) is 8.39. The normalized spacial score (nSPS) is 11.1. The Hall–Kier alpha value is 1.39. The third kappa shape index (κ3) is 7.39. The van der Waals surface area contributed by atoms with Crippen molar-refractivity contribution in [1.29, 1.82) is 0 Å². The molecule has 0 aromatic heterocycles. The zero-order valence-corrected chi connectivity index (χ0v) is 8.55. The fourth-order valence-electron chi connectivity index (χ4n) is 0.276. The summed E-state index contributed by atoms with van der Waals surface area (Å²) in [5.74, 6) is 0.810. The van der Waals surface area contributed by atoms with Gasteiger partial charge in [0.1, 0.15) is 0 Å². The Morgan fingerprint density at radius 3 is 1.86 bits per heavy atom. The van der Waals surface area contributed by atoms with Crippen LogP contribution < -0.4 is 0 Å². The van der Waals surface area contributed by atoms with Crippen molar-refractivity contribution in [2.24, 2.45) is 5.92 Å². The van der Waals surface area contributed by atoms with Crippen LogP contribution in [0.5, 0.6) is 0 Å². The van der Waals surface area contributed by atoms with Crippen LogP contribution in [0.3, 0.4) is 0 Å². The Bertz CT molecular complexity index is 39.0. The first-order valence-corrected chi connectivity index (χ1v) is 7.78. The van der Waals surface area contributed by atoms with E-state index in [4.69, 9.17) is 0 Å². The molecular weight excluding hydrogens is 239 g/mol. The lowest BCUT2D eigenvalue weighted by Gasteiger charge is -2.02. The van der Waals surface area contributed by atoms with E-state index >= 15 is 0 Å². The molecule has 0 radical (unpaired) electrons. The minimum absolute atomic E-state index is 0.0149. The maximum atomic E-state index is 3.46. The molecule has 44 valence electrons. The van der Waals surface area contributed by atoms with Gasteiger partial charge in [-0.3, -0.25) is 0 Å². The van der Waals surface area contributed by atoms with Gasteiger partial charge in [0.15, 0.2) is 0 Å². The fraction of sp³-hybridized carbons (Fsp3) is 1.00. The van der Waals surface area contributed by atoms with Gasteiger partial charge in [-0.1, -0.05) is 13.8 Å². The van der Waals surface area contributed by atoms with Crippen LogP contribution in [0.2, 0.25) is 0 Å². The average molecular weight is 248 g/mol. The largest absolute Gasteiger partial charge is 0.0624 e. The molecule has 3 heteroatoms. The molecule has 0 aromatic rings. The number of hydrogen-bond acceptors (Lipinski definition) is 0. The van der Waals surface area contributed by atoms with Crippen LogP contribution in [0.1, 0.15) is 13.8 Å². The topological polar surface area (TPSA) is 0 Å². The van der Waals surface area contributed by atoms with E-state index < -0.39 is 0 Å². The molecule has 0 saturated heterocycles. The van der Waals surface area contributed by atoms with Crippen LogP contribution in [0.4, 0.5) is 0 Å². The lowest BCUT2D eigenvalue weighted by atomic mass is 10.3. The predicted molar refractivity (Wildman–Crippen MR) is 44.5 cm³/mol. The molecule has 0 unspecified atom stereocenters. The van der Waals surface area contributed by atoms with Gasteiger partial charge in [0.2, 0.25) is 0 Å². The molecule has 0 atom stereocenters. The van der Waals surface area contributed by atoms with Crippen LogP contribution in [-0.2, 0) is 0 Å². The third-order valence-electron chi connectivity index (χ3n) is 0.503. The smallest absolute Gasteiger partial charge is 0.0349 e. The Morgan fingerprint density at radius 1 is 1.43 bits per heavy atom. The average Bonchev–Trinajstić information content (AvgIpc) is 1.27. The van der Waals surface area contributed by atoms with Gasteiger partial charge in [-0.2, -0.15) is 0 Å². The molecule has 0 spiro atoms. The summed E-state index contributed by atoms with van der Waals surface area (Å²) >= 11 is 6.91. The van der Waals surface area contributed by atoms with Crippen LogP contribution in [0, 0.1) is 5.92 Å². The maximum Gasteiger partial charge on any atom is 0.0349 e. The van der Waals surface area contributed by atoms with Crippen LogP contribution >= 0.6 is 36.3 Å². The van der Waals surface area contributed by atoms with Gasteiger partial charge >= 0.3 is 0 Å². The third-order valence-corrected chi connectivity index (χ3v) is 3.25. The van der Waals surface area contributed by atoms with E-state index in [-0.39, 0.29) is 5.33 Å². The van der Waals surface area contributed by atoms with E-state index in [2.05, 4.69) is 44.8 Å². The van der Waals surface area contributed by atoms with Crippen molar-refractivity contribution >= 4 is 36.3 Å². The quantitative estimate of drug-likeness (QED) is 0.653. The van der Waals surface area contributed by atoms with Crippen molar-refractivity contribution in [3.8, 4) is 0 Å². The second kappa shape index (κ2) is 4.29. The lowest BCUT2D eigenvalue weighted by molar-refractivity contribution is 0.749. The van der Waals surface area contributed by atoms with Gasteiger partial charge in [-0.15, -0.1) is 0 Å². The molecule has 0 heterocycles. The van der Waals surface area contributed by atoms with E-state index in [9.17, 15) is 0 Å². The summed E-state index contributed by atoms with van der Waals surface area (Å²) in [7, 11) is 0. The second-order valence-electron chi connectivity index (χ2n) is 1.88. The highest BCUT2D eigenvalue weighted by Crippen LogP contribution is 2.52. The first-order chi connectivity index (χ1) is 3.13. The molecule has 0 saturated carbocycles. The zero-order chi connectivity index (χ0) is 5.86. The van der Waals surface area contributed by atoms with Crippen molar-refractivity contribution in [3.63, 3.8) is 0 Å². The summed E-state index contributed by atoms with van der Waals surface area (Å²) in [5.41, 5.74) is 0. The predicted octanol–water partition coefficient (Wildman–Crippen LogP) is 3.74. The van der Waals surface area contributed by atoms with E-state index in [0.29, 0.717) is 0 Å². The molecule has 0 bridgehead atoms. The van der Waals surface area contributed by atoms with Crippen molar-refractivity contribution in [1.82, 2.24) is 0 Å². The van der Waals surface area contributed by atoms with Gasteiger partial charge in [-0.25, -0.2) is 0 Å². The summed E-state index contributed by atoms with van der Waals surface area (Å²) in [6.07, 6.45) is 1.26. The van der Waals surface area contributed by atoms with E-state index in [0.717, 1.165) is 5.92 Å². The molecule has 0 fully saturated rings. The van der Waals surface area contributed by atoms with Gasteiger partial charge < -0.3 is 0 Å². The standard InChI is InChI=1S/C4H9Br2P/c1-4(2)3-7(5)6/h4H,3H2,1-2H3. The van der Waals surface area contributed by atoms with Crippen molar-refractivity contribution in [2.75, 3.05) is 6.16 Å². The van der Waals surface area contributed by atoms with E-state index in [1.54, 1.807) is 0 Å². The number of rotatable bonds is 2. The summed E-state index contributed by atoms with van der Waals surface area (Å²) < 4.78 is 0. The Balaban J connectivity index is 2.95. The maximum absolute atomic E-state index is 3.46. The SMILES string of the molecule is CC(C)CP(Br)Br. The van der Waals surface area contributed by atoms with Crippen LogP contribution in [-0.4, -0.2) is 6.16 Å². The van der Waals surface area contributed by atoms with Gasteiger partial charge in [-0.05, 0) is 43.1 Å². The minimum Gasteiger partial charge on any atom is -0.0624 e. The molecule has 0 N–H and O–H groups in total. The zero-order valence-electron chi connectivity index (χ0n) is 4.49. The highest BCUT2D eigenvalue weighted by Gasteiger charge is 1.99. The van der Waals surface area contributed by atoms with Crippen molar-refractivity contribution < 1.29 is 0 Å². The number of halogens is 2. The summed E-state index contributed by atoms with van der Waals surface area (Å²) in [6.45, 7) is 4.44. The monoisotopic (exact) mass is 246 g/mol. The molecule has 7 heavy (non-hydrogen) atoms. The summed E-state index contributed by atoms with van der Waals surface area (Å²) in [4.78, 5) is 0. The summed E-state index contributed by atoms with van der Waals surface area (Å²) in [5, 5.41) is -0.0149. The Labute approximate surface area is 62.3 Å². The molecule has 0 nitrogen and oxygen atoms in total. The molecule has 0 aromatic carbocycles. The first-order valence-electron chi connectivity index (χ1n) is 2.22. The molecule has 0 aliphatic heterocycles. The lowest BCUT2D eigenvalue weighted by Crippen LogP contribution is -1.86. The Kier molecular flexibility index (Phi) is 5.14. The second-order valence-corrected chi connectivity index (χ2v) is 10.8. The van der Waals surface area contributed by atoms with Crippen molar-refractivity contribution in [2.45, 2.75) is 13.8 Å². The van der Waals surface area contributed by atoms with E-state index in [1.807, 2.05) is 0 Å². The minimum atomic E-state index is -0.0149. The van der Waals surface area contributed by atoms with Gasteiger partial charge in [0.25, 0.3) is 0 Å².